The number of hydrogen-bond donors (Lipinski definition) is 0. The van der Waals surface area contributed by atoms with Gasteiger partial charge < -0.3 is 23.8 Å². The third-order valence-corrected chi connectivity index (χ3v) is 6.29. The van der Waals surface area contributed by atoms with E-state index in [4.69, 9.17) is 14.5 Å². The van der Waals surface area contributed by atoms with Gasteiger partial charge in [0.2, 0.25) is 0 Å². The SMILES string of the molecule is COc1ccc(N2CCN(c3ncnc4c5cc(OC)ccc5n(C)c34)C[C@@H]2C)cc1. The summed E-state index contributed by atoms with van der Waals surface area (Å²) in [6.45, 7) is 4.98. The van der Waals surface area contributed by atoms with Gasteiger partial charge in [0.05, 0.1) is 19.7 Å². The van der Waals surface area contributed by atoms with Gasteiger partial charge in [0, 0.05) is 43.8 Å². The topological polar surface area (TPSA) is 55.6 Å². The smallest absolute Gasteiger partial charge is 0.156 e. The predicted octanol–water partition coefficient (Wildman–Crippen LogP) is 3.85. The van der Waals surface area contributed by atoms with Crippen molar-refractivity contribution in [2.24, 2.45) is 7.05 Å². The van der Waals surface area contributed by atoms with Gasteiger partial charge in [-0.2, -0.15) is 0 Å². The van der Waals surface area contributed by atoms with Crippen molar-refractivity contribution in [1.82, 2.24) is 14.5 Å². The Labute approximate surface area is 181 Å². The number of nitrogens with zero attached hydrogens (tertiary/aromatic N) is 5. The Morgan fingerprint density at radius 2 is 1.68 bits per heavy atom. The molecule has 1 aliphatic heterocycles. The molecule has 0 bridgehead atoms. The number of rotatable bonds is 4. The molecular weight excluding hydrogens is 390 g/mol. The van der Waals surface area contributed by atoms with Crippen molar-refractivity contribution in [3.63, 3.8) is 0 Å². The van der Waals surface area contributed by atoms with Crippen LogP contribution in [0.4, 0.5) is 11.5 Å². The lowest BCUT2D eigenvalue weighted by atomic mass is 10.1. The minimum atomic E-state index is 0.349. The summed E-state index contributed by atoms with van der Waals surface area (Å²) in [5, 5.41) is 1.09. The minimum Gasteiger partial charge on any atom is -0.497 e. The average Bonchev–Trinajstić information content (AvgIpc) is 3.10. The van der Waals surface area contributed by atoms with E-state index in [0.29, 0.717) is 6.04 Å². The molecule has 0 radical (unpaired) electrons. The molecule has 0 amide bonds. The molecule has 160 valence electrons. The highest BCUT2D eigenvalue weighted by molar-refractivity contribution is 6.09. The summed E-state index contributed by atoms with van der Waals surface area (Å²) in [6, 6.07) is 14.8. The van der Waals surface area contributed by atoms with Crippen molar-refractivity contribution in [2.75, 3.05) is 43.7 Å². The number of fused-ring (bicyclic) bond motifs is 3. The van der Waals surface area contributed by atoms with E-state index in [-0.39, 0.29) is 0 Å². The van der Waals surface area contributed by atoms with Gasteiger partial charge in [-0.3, -0.25) is 0 Å². The summed E-state index contributed by atoms with van der Waals surface area (Å²) in [5.41, 5.74) is 4.38. The Morgan fingerprint density at radius 3 is 2.39 bits per heavy atom. The molecule has 1 atom stereocenters. The Hall–Kier alpha value is -3.48. The monoisotopic (exact) mass is 417 g/mol. The van der Waals surface area contributed by atoms with Crippen molar-refractivity contribution in [3.05, 3.63) is 48.8 Å². The van der Waals surface area contributed by atoms with E-state index < -0.39 is 0 Å². The minimum absolute atomic E-state index is 0.349. The Balaban J connectivity index is 1.49. The normalized spacial score (nSPS) is 16.8. The van der Waals surface area contributed by atoms with Gasteiger partial charge >= 0.3 is 0 Å². The molecule has 0 aliphatic carbocycles. The Morgan fingerprint density at radius 1 is 0.935 bits per heavy atom. The van der Waals surface area contributed by atoms with Crippen LogP contribution in [0.5, 0.6) is 11.5 Å². The number of benzene rings is 2. The van der Waals surface area contributed by atoms with Gasteiger partial charge in [-0.25, -0.2) is 9.97 Å². The van der Waals surface area contributed by atoms with Crippen molar-refractivity contribution in [3.8, 4) is 11.5 Å². The highest BCUT2D eigenvalue weighted by atomic mass is 16.5. The van der Waals surface area contributed by atoms with Crippen molar-refractivity contribution in [2.45, 2.75) is 13.0 Å². The second-order valence-corrected chi connectivity index (χ2v) is 8.02. The molecule has 1 aliphatic rings. The summed E-state index contributed by atoms with van der Waals surface area (Å²) in [4.78, 5) is 14.2. The van der Waals surface area contributed by atoms with E-state index in [0.717, 1.165) is 58.9 Å². The average molecular weight is 418 g/mol. The lowest BCUT2D eigenvalue weighted by Crippen LogP contribution is -2.52. The maximum Gasteiger partial charge on any atom is 0.156 e. The maximum absolute atomic E-state index is 5.43. The molecule has 5 rings (SSSR count). The van der Waals surface area contributed by atoms with E-state index >= 15 is 0 Å². The van der Waals surface area contributed by atoms with Crippen LogP contribution in [0.25, 0.3) is 21.9 Å². The summed E-state index contributed by atoms with van der Waals surface area (Å²) < 4.78 is 12.9. The molecule has 0 N–H and O–H groups in total. The standard InChI is InChI=1S/C24H27N5O2/c1-16-14-28(11-12-29(16)17-5-7-18(30-3)8-6-17)24-23-22(25-15-26-24)20-13-19(31-4)9-10-21(20)27(23)2/h5-10,13,15-16H,11-12,14H2,1-4H3/t16-/m0/s1. The molecule has 1 fully saturated rings. The van der Waals surface area contributed by atoms with Crippen LogP contribution in [0.3, 0.4) is 0 Å². The number of piperazine rings is 1. The van der Waals surface area contributed by atoms with Gasteiger partial charge in [0.15, 0.2) is 5.82 Å². The van der Waals surface area contributed by atoms with E-state index in [1.165, 1.54) is 5.69 Å². The van der Waals surface area contributed by atoms with Crippen molar-refractivity contribution < 1.29 is 9.47 Å². The third kappa shape index (κ3) is 3.21. The van der Waals surface area contributed by atoms with Crippen molar-refractivity contribution in [1.29, 1.82) is 0 Å². The molecule has 2 aromatic carbocycles. The van der Waals surface area contributed by atoms with Crippen LogP contribution < -0.4 is 19.3 Å². The molecule has 0 saturated carbocycles. The first-order valence-electron chi connectivity index (χ1n) is 10.5. The molecule has 3 heterocycles. The second-order valence-electron chi connectivity index (χ2n) is 8.02. The molecule has 4 aromatic rings. The highest BCUT2D eigenvalue weighted by Crippen LogP contribution is 2.35. The first-order valence-corrected chi connectivity index (χ1v) is 10.5. The van der Waals surface area contributed by atoms with E-state index in [2.05, 4.69) is 57.6 Å². The number of hydrogen-bond acceptors (Lipinski definition) is 6. The van der Waals surface area contributed by atoms with Gasteiger partial charge in [-0.05, 0) is 49.4 Å². The van der Waals surface area contributed by atoms with Crippen LogP contribution >= 0.6 is 0 Å². The van der Waals surface area contributed by atoms with Crippen LogP contribution in [0, 0.1) is 0 Å². The maximum atomic E-state index is 5.43. The molecule has 0 unspecified atom stereocenters. The lowest BCUT2D eigenvalue weighted by Gasteiger charge is -2.42. The van der Waals surface area contributed by atoms with Gasteiger partial charge in [-0.15, -0.1) is 0 Å². The Bertz CT molecular complexity index is 1230. The van der Waals surface area contributed by atoms with Gasteiger partial charge in [0.25, 0.3) is 0 Å². The number of aryl methyl sites for hydroxylation is 1. The molecule has 2 aromatic heterocycles. The second kappa shape index (κ2) is 7.65. The first-order chi connectivity index (χ1) is 15.1. The molecule has 7 nitrogen and oxygen atoms in total. The number of methoxy groups -OCH3 is 2. The highest BCUT2D eigenvalue weighted by Gasteiger charge is 2.27. The molecule has 1 saturated heterocycles. The van der Waals surface area contributed by atoms with Gasteiger partial charge in [-0.1, -0.05) is 0 Å². The van der Waals surface area contributed by atoms with Gasteiger partial charge in [0.1, 0.15) is 28.9 Å². The summed E-state index contributed by atoms with van der Waals surface area (Å²) >= 11 is 0. The number of anilines is 2. The summed E-state index contributed by atoms with van der Waals surface area (Å²) in [5.74, 6) is 2.71. The molecule has 7 heteroatoms. The molecule has 31 heavy (non-hydrogen) atoms. The van der Waals surface area contributed by atoms with Crippen LogP contribution in [-0.4, -0.2) is 54.4 Å². The van der Waals surface area contributed by atoms with Crippen LogP contribution in [0.15, 0.2) is 48.8 Å². The van der Waals surface area contributed by atoms with Crippen LogP contribution in [0.1, 0.15) is 6.92 Å². The zero-order valence-electron chi connectivity index (χ0n) is 18.4. The van der Waals surface area contributed by atoms with Crippen LogP contribution in [-0.2, 0) is 7.05 Å². The summed E-state index contributed by atoms with van der Waals surface area (Å²) in [7, 11) is 5.47. The largest absolute Gasteiger partial charge is 0.497 e. The molecule has 0 spiro atoms. The fourth-order valence-electron chi connectivity index (χ4n) is 4.66. The Kier molecular flexibility index (Phi) is 4.81. The fourth-order valence-corrected chi connectivity index (χ4v) is 4.66. The van der Waals surface area contributed by atoms with Crippen LogP contribution in [0.2, 0.25) is 0 Å². The molecular formula is C24H27N5O2. The lowest BCUT2D eigenvalue weighted by molar-refractivity contribution is 0.414. The van der Waals surface area contributed by atoms with Crippen molar-refractivity contribution >= 4 is 33.4 Å². The zero-order valence-corrected chi connectivity index (χ0v) is 18.4. The fraction of sp³-hybridized carbons (Fsp3) is 0.333. The predicted molar refractivity (Wildman–Crippen MR) is 125 cm³/mol. The number of ether oxygens (including phenoxy) is 2. The first kappa shape index (κ1) is 19.5. The third-order valence-electron chi connectivity index (χ3n) is 6.29. The van der Waals surface area contributed by atoms with E-state index in [1.807, 2.05) is 18.2 Å². The summed E-state index contributed by atoms with van der Waals surface area (Å²) in [6.07, 6.45) is 1.68. The zero-order chi connectivity index (χ0) is 21.5. The quantitative estimate of drug-likeness (QED) is 0.503. The van der Waals surface area contributed by atoms with E-state index in [9.17, 15) is 0 Å². The number of aromatic nitrogens is 3. The van der Waals surface area contributed by atoms with E-state index in [1.54, 1.807) is 20.5 Å².